The molecule has 45 heavy (non-hydrogen) atoms. The normalized spacial score (nSPS) is 24.4. The first-order valence-electron chi connectivity index (χ1n) is 17.8. The van der Waals surface area contributed by atoms with Gasteiger partial charge in [-0.3, -0.25) is 9.98 Å². The standard InChI is InChI=1S/C40H58N4.Ni/c1-13-37(14-2)29-21-22-30(41-29)38(15-3,16-4)35-27(11)28(12)36(44-35)40(19-7,20-8)32-24-23-31(42-32)39(17-5,18-6)34-26(10)25(9)33(37)43-34;/h21-24,33,36H,13-20H2,1-12H3;/q-2;+2. The van der Waals surface area contributed by atoms with Gasteiger partial charge in [-0.05, 0) is 101 Å². The molecule has 0 radical (unpaired) electrons. The van der Waals surface area contributed by atoms with Crippen LogP contribution in [0.4, 0.5) is 0 Å². The van der Waals surface area contributed by atoms with Crippen molar-refractivity contribution >= 4 is 11.4 Å². The molecule has 0 saturated heterocycles. The first-order chi connectivity index (χ1) is 21.0. The van der Waals surface area contributed by atoms with Gasteiger partial charge in [0.1, 0.15) is 0 Å². The Bertz CT molecular complexity index is 1390. The molecule has 0 saturated carbocycles. The van der Waals surface area contributed by atoms with Crippen molar-refractivity contribution in [3.05, 3.63) is 69.3 Å². The van der Waals surface area contributed by atoms with Crippen LogP contribution in [0, 0.1) is 0 Å². The van der Waals surface area contributed by atoms with Crippen molar-refractivity contribution < 1.29 is 16.5 Å². The minimum Gasteiger partial charge on any atom is -0.663 e. The largest absolute Gasteiger partial charge is 2.00 e. The van der Waals surface area contributed by atoms with Crippen LogP contribution in [0.15, 0.2) is 56.5 Å². The molecule has 0 N–H and O–H groups in total. The van der Waals surface area contributed by atoms with Gasteiger partial charge >= 0.3 is 16.5 Å². The Morgan fingerprint density at radius 1 is 0.489 bits per heavy atom. The van der Waals surface area contributed by atoms with E-state index >= 15 is 0 Å². The van der Waals surface area contributed by atoms with Crippen LogP contribution in [0.25, 0.3) is 0 Å². The van der Waals surface area contributed by atoms with Crippen molar-refractivity contribution in [2.45, 2.75) is 168 Å². The van der Waals surface area contributed by atoms with Crippen molar-refractivity contribution in [1.82, 2.24) is 9.97 Å². The fraction of sp³-hybridized carbons (Fsp3) is 0.650. The van der Waals surface area contributed by atoms with Crippen LogP contribution in [0.3, 0.4) is 0 Å². The number of aliphatic imine (C=N–C) groups is 2. The summed E-state index contributed by atoms with van der Waals surface area (Å²) in [4.78, 5) is 22.9. The van der Waals surface area contributed by atoms with Crippen molar-refractivity contribution in [1.29, 1.82) is 0 Å². The molecule has 0 fully saturated rings. The first-order valence-corrected chi connectivity index (χ1v) is 17.8. The number of allylic oxidation sites excluding steroid dienone is 2. The third-order valence-electron chi connectivity index (χ3n) is 13.4. The molecule has 0 spiro atoms. The van der Waals surface area contributed by atoms with Gasteiger partial charge in [-0.25, -0.2) is 0 Å². The smallest absolute Gasteiger partial charge is 0.663 e. The molecule has 5 heterocycles. The summed E-state index contributed by atoms with van der Waals surface area (Å²) in [5.74, 6) is 0. The van der Waals surface area contributed by atoms with Crippen LogP contribution in [-0.2, 0) is 38.2 Å². The Balaban J connectivity index is 0.00000461. The second-order valence-electron chi connectivity index (χ2n) is 14.1. The Morgan fingerprint density at radius 3 is 1.04 bits per heavy atom. The zero-order valence-corrected chi connectivity index (χ0v) is 31.2. The number of rotatable bonds is 8. The van der Waals surface area contributed by atoms with Gasteiger partial charge in [0.2, 0.25) is 0 Å². The number of hydrogen-bond acceptors (Lipinski definition) is 2. The Kier molecular flexibility index (Phi) is 10.2. The molecule has 2 aromatic heterocycles. The van der Waals surface area contributed by atoms with Crippen molar-refractivity contribution in [2.24, 2.45) is 9.98 Å². The van der Waals surface area contributed by atoms with E-state index in [0.29, 0.717) is 0 Å². The SMILES string of the molecule is CCC1(CC)C2=NC(C(C)=C2C)C(CC)(CC)c2ccc([n-]2)C(CC)(CC)C2=NC(C(C)=C2C)C(CC)(CC)c2ccc1[n-]2.[Ni+2]. The zero-order valence-electron chi connectivity index (χ0n) is 30.2. The van der Waals surface area contributed by atoms with E-state index in [1.165, 1.54) is 56.5 Å². The first kappa shape index (κ1) is 35.7. The second-order valence-corrected chi connectivity index (χ2v) is 14.1. The summed E-state index contributed by atoms with van der Waals surface area (Å²) < 4.78 is 0. The average Bonchev–Trinajstić information content (AvgIpc) is 3.85. The summed E-state index contributed by atoms with van der Waals surface area (Å²) >= 11 is 0. The maximum atomic E-state index is 5.79. The quantitative estimate of drug-likeness (QED) is 0.267. The maximum Gasteiger partial charge on any atom is 2.00 e. The van der Waals surface area contributed by atoms with E-state index in [2.05, 4.69) is 107 Å². The monoisotopic (exact) mass is 652 g/mol. The van der Waals surface area contributed by atoms with Gasteiger partial charge in [0, 0.05) is 33.1 Å². The molecule has 8 bridgehead atoms. The third kappa shape index (κ3) is 4.63. The summed E-state index contributed by atoms with van der Waals surface area (Å²) in [5.41, 5.74) is 12.1. The van der Waals surface area contributed by atoms with Gasteiger partial charge in [-0.15, -0.1) is 11.4 Å². The van der Waals surface area contributed by atoms with E-state index in [1.54, 1.807) is 0 Å². The molecule has 5 rings (SSSR count). The summed E-state index contributed by atoms with van der Waals surface area (Å²) in [6, 6.07) is 9.52. The van der Waals surface area contributed by atoms with E-state index in [0.717, 1.165) is 51.4 Å². The van der Waals surface area contributed by atoms with Gasteiger partial charge in [0.05, 0.1) is 12.1 Å². The predicted molar refractivity (Wildman–Crippen MR) is 188 cm³/mol. The van der Waals surface area contributed by atoms with Gasteiger partial charge in [0.25, 0.3) is 0 Å². The number of fused-ring (bicyclic) bond motifs is 6. The molecular formula is C40H58N4Ni. The molecule has 0 aromatic carbocycles. The summed E-state index contributed by atoms with van der Waals surface area (Å²) in [7, 11) is 0. The number of nitrogens with zero attached hydrogens (tertiary/aromatic N) is 4. The Morgan fingerprint density at radius 2 is 0.778 bits per heavy atom. The molecule has 0 amide bonds. The molecule has 3 aliphatic heterocycles. The van der Waals surface area contributed by atoms with E-state index in [9.17, 15) is 0 Å². The van der Waals surface area contributed by atoms with Crippen molar-refractivity contribution in [3.8, 4) is 0 Å². The minimum absolute atomic E-state index is 0. The van der Waals surface area contributed by atoms with Gasteiger partial charge in [0.15, 0.2) is 0 Å². The predicted octanol–water partition coefficient (Wildman–Crippen LogP) is 9.86. The Hall–Kier alpha value is -2.13. The fourth-order valence-corrected chi connectivity index (χ4v) is 9.70. The molecule has 3 aliphatic rings. The van der Waals surface area contributed by atoms with Crippen LogP contribution < -0.4 is 9.97 Å². The Labute approximate surface area is 284 Å². The average molecular weight is 654 g/mol. The summed E-state index contributed by atoms with van der Waals surface area (Å²) in [6.07, 6.45) is 7.90. The molecule has 2 aromatic rings. The topological polar surface area (TPSA) is 52.9 Å². The van der Waals surface area contributed by atoms with E-state index in [4.69, 9.17) is 20.0 Å². The van der Waals surface area contributed by atoms with Crippen molar-refractivity contribution in [2.75, 3.05) is 0 Å². The van der Waals surface area contributed by atoms with Crippen LogP contribution in [0.1, 0.15) is 157 Å². The molecule has 4 nitrogen and oxygen atoms in total. The van der Waals surface area contributed by atoms with Crippen LogP contribution >= 0.6 is 0 Å². The second kappa shape index (κ2) is 12.8. The van der Waals surface area contributed by atoms with Gasteiger partial charge in [-0.2, -0.15) is 11.4 Å². The summed E-state index contributed by atoms with van der Waals surface area (Å²) in [5, 5.41) is 0. The molecule has 248 valence electrons. The zero-order chi connectivity index (χ0) is 32.2. The fourth-order valence-electron chi connectivity index (χ4n) is 9.70. The van der Waals surface area contributed by atoms with Crippen molar-refractivity contribution in [3.63, 3.8) is 0 Å². The van der Waals surface area contributed by atoms with Crippen LogP contribution in [0.2, 0.25) is 0 Å². The number of hydrogen-bond donors (Lipinski definition) is 0. The maximum absolute atomic E-state index is 5.79. The molecule has 2 atom stereocenters. The van der Waals surface area contributed by atoms with Gasteiger partial charge < -0.3 is 9.97 Å². The number of aromatic nitrogens is 2. The van der Waals surface area contributed by atoms with Gasteiger partial charge in [-0.1, -0.05) is 79.7 Å². The van der Waals surface area contributed by atoms with E-state index in [-0.39, 0.29) is 50.2 Å². The van der Waals surface area contributed by atoms with E-state index in [1.807, 2.05) is 0 Å². The summed E-state index contributed by atoms with van der Waals surface area (Å²) in [6.45, 7) is 28.0. The van der Waals surface area contributed by atoms with Crippen LogP contribution in [0.5, 0.6) is 0 Å². The molecular weight excluding hydrogens is 595 g/mol. The van der Waals surface area contributed by atoms with E-state index < -0.39 is 0 Å². The minimum atomic E-state index is -0.217. The van der Waals surface area contributed by atoms with Crippen LogP contribution in [-0.4, -0.2) is 23.5 Å². The molecule has 5 heteroatoms. The third-order valence-corrected chi connectivity index (χ3v) is 13.4. The molecule has 0 aliphatic carbocycles. The molecule has 2 unspecified atom stereocenters.